The Morgan fingerprint density at radius 1 is 1.40 bits per heavy atom. The fraction of sp³-hybridized carbons (Fsp3) is 0.857. The lowest BCUT2D eigenvalue weighted by molar-refractivity contribution is -0.142. The largest absolute Gasteiger partial charge is 0.481 e. The number of hydrogen-bond donors (Lipinski definition) is 2. The molecule has 0 aromatic carbocycles. The van der Waals surface area contributed by atoms with Gasteiger partial charge in [-0.25, -0.2) is 4.79 Å². The van der Waals surface area contributed by atoms with Crippen LogP contribution in [-0.4, -0.2) is 54.9 Å². The molecule has 1 rings (SSSR count). The van der Waals surface area contributed by atoms with E-state index in [-0.39, 0.29) is 24.7 Å². The molecule has 0 aromatic rings. The summed E-state index contributed by atoms with van der Waals surface area (Å²) >= 11 is 0. The van der Waals surface area contributed by atoms with Crippen LogP contribution in [0.3, 0.4) is 0 Å². The first-order valence-corrected chi connectivity index (χ1v) is 6.95. The first-order chi connectivity index (χ1) is 9.14. The average molecular weight is 286 g/mol. The van der Waals surface area contributed by atoms with Gasteiger partial charge in [0.15, 0.2) is 0 Å². The second kappa shape index (κ2) is 6.43. The van der Waals surface area contributed by atoms with E-state index >= 15 is 0 Å². The number of likely N-dealkylation sites (N-methyl/N-ethyl adjacent to an activating group) is 1. The number of hydrogen-bond acceptors (Lipinski definition) is 3. The Hall–Kier alpha value is -1.30. The first-order valence-electron chi connectivity index (χ1n) is 6.95. The third kappa shape index (κ3) is 4.10. The number of aliphatic carboxylic acids is 1. The van der Waals surface area contributed by atoms with Crippen molar-refractivity contribution >= 4 is 12.0 Å². The van der Waals surface area contributed by atoms with E-state index in [4.69, 9.17) is 9.84 Å². The molecule has 6 heteroatoms. The van der Waals surface area contributed by atoms with Crippen LogP contribution < -0.4 is 5.32 Å². The molecule has 1 aliphatic rings. The second-order valence-electron chi connectivity index (χ2n) is 6.61. The Labute approximate surface area is 120 Å². The Kier molecular flexibility index (Phi) is 5.39. The van der Waals surface area contributed by atoms with E-state index in [0.29, 0.717) is 12.5 Å². The van der Waals surface area contributed by atoms with Crippen LogP contribution in [0, 0.1) is 17.3 Å². The van der Waals surface area contributed by atoms with Crippen molar-refractivity contribution in [1.29, 1.82) is 0 Å². The molecule has 3 unspecified atom stereocenters. The number of carboxylic acids is 1. The SMILES string of the molecule is CC(CNC(=O)N(C)C1COCC1C(=O)O)C(C)(C)C. The lowest BCUT2D eigenvalue weighted by Gasteiger charge is -2.30. The summed E-state index contributed by atoms with van der Waals surface area (Å²) in [5.74, 6) is -1.24. The standard InChI is InChI=1S/C14H26N2O4/c1-9(14(2,3)4)6-15-13(19)16(5)11-8-20-7-10(11)12(17)18/h9-11H,6-8H2,1-5H3,(H,15,19)(H,17,18). The summed E-state index contributed by atoms with van der Waals surface area (Å²) in [7, 11) is 1.62. The average Bonchev–Trinajstić information content (AvgIpc) is 2.82. The van der Waals surface area contributed by atoms with Gasteiger partial charge in [0.1, 0.15) is 5.92 Å². The van der Waals surface area contributed by atoms with Gasteiger partial charge in [0.05, 0.1) is 19.3 Å². The molecule has 0 aliphatic carbocycles. The van der Waals surface area contributed by atoms with Crippen LogP contribution in [0.25, 0.3) is 0 Å². The predicted molar refractivity (Wildman–Crippen MR) is 75.5 cm³/mol. The topological polar surface area (TPSA) is 78.9 Å². The van der Waals surface area contributed by atoms with Gasteiger partial charge in [0.25, 0.3) is 0 Å². The molecule has 0 spiro atoms. The van der Waals surface area contributed by atoms with E-state index < -0.39 is 17.9 Å². The predicted octanol–water partition coefficient (Wildman–Crippen LogP) is 1.41. The normalized spacial score (nSPS) is 24.2. The maximum absolute atomic E-state index is 12.1. The molecule has 1 aliphatic heterocycles. The summed E-state index contributed by atoms with van der Waals surface area (Å²) < 4.78 is 5.18. The highest BCUT2D eigenvalue weighted by Crippen LogP contribution is 2.24. The molecule has 1 heterocycles. The van der Waals surface area contributed by atoms with Crippen molar-refractivity contribution in [2.45, 2.75) is 33.7 Å². The van der Waals surface area contributed by atoms with E-state index in [9.17, 15) is 9.59 Å². The number of carboxylic acid groups (broad SMARTS) is 1. The minimum atomic E-state index is -0.921. The second-order valence-corrected chi connectivity index (χ2v) is 6.61. The van der Waals surface area contributed by atoms with Gasteiger partial charge in [-0.2, -0.15) is 0 Å². The summed E-state index contributed by atoms with van der Waals surface area (Å²) in [5, 5.41) is 12.0. The van der Waals surface area contributed by atoms with Crippen LogP contribution >= 0.6 is 0 Å². The number of carbonyl (C=O) groups is 2. The van der Waals surface area contributed by atoms with Gasteiger partial charge in [-0.05, 0) is 11.3 Å². The third-order valence-corrected chi connectivity index (χ3v) is 4.22. The number of rotatable bonds is 4. The maximum atomic E-state index is 12.1. The summed E-state index contributed by atoms with van der Waals surface area (Å²) in [6.07, 6.45) is 0. The molecule has 2 N–H and O–H groups in total. The minimum Gasteiger partial charge on any atom is -0.481 e. The smallest absolute Gasteiger partial charge is 0.317 e. The number of carbonyl (C=O) groups excluding carboxylic acids is 1. The zero-order chi connectivity index (χ0) is 15.5. The van der Waals surface area contributed by atoms with Crippen molar-refractivity contribution in [1.82, 2.24) is 10.2 Å². The fourth-order valence-electron chi connectivity index (χ4n) is 1.98. The van der Waals surface area contributed by atoms with E-state index in [1.165, 1.54) is 4.90 Å². The highest BCUT2D eigenvalue weighted by atomic mass is 16.5. The van der Waals surface area contributed by atoms with Crippen LogP contribution in [0.5, 0.6) is 0 Å². The van der Waals surface area contributed by atoms with E-state index in [1.807, 2.05) is 0 Å². The number of amides is 2. The zero-order valence-corrected chi connectivity index (χ0v) is 13.0. The Balaban J connectivity index is 2.53. The lowest BCUT2D eigenvalue weighted by Crippen LogP contribution is -2.49. The van der Waals surface area contributed by atoms with Crippen LogP contribution in [0.1, 0.15) is 27.7 Å². The van der Waals surface area contributed by atoms with E-state index in [2.05, 4.69) is 33.0 Å². The fourth-order valence-corrected chi connectivity index (χ4v) is 1.98. The molecule has 116 valence electrons. The minimum absolute atomic E-state index is 0.117. The van der Waals surface area contributed by atoms with Gasteiger partial charge in [-0.1, -0.05) is 27.7 Å². The monoisotopic (exact) mass is 286 g/mol. The van der Waals surface area contributed by atoms with Crippen molar-refractivity contribution in [2.24, 2.45) is 17.3 Å². The van der Waals surface area contributed by atoms with Gasteiger partial charge < -0.3 is 20.1 Å². The molecular weight excluding hydrogens is 260 g/mol. The van der Waals surface area contributed by atoms with Gasteiger partial charge in [-0.15, -0.1) is 0 Å². The molecule has 1 saturated heterocycles. The molecule has 2 amide bonds. The maximum Gasteiger partial charge on any atom is 0.317 e. The van der Waals surface area contributed by atoms with E-state index in [1.54, 1.807) is 7.05 Å². The Morgan fingerprint density at radius 3 is 2.50 bits per heavy atom. The van der Waals surface area contributed by atoms with Gasteiger partial charge in [-0.3, -0.25) is 4.79 Å². The molecule has 0 saturated carbocycles. The number of nitrogens with one attached hydrogen (secondary N) is 1. The summed E-state index contributed by atoms with van der Waals surface area (Å²) in [5.41, 5.74) is 0.117. The van der Waals surface area contributed by atoms with Crippen molar-refractivity contribution in [3.8, 4) is 0 Å². The van der Waals surface area contributed by atoms with Crippen molar-refractivity contribution in [3.63, 3.8) is 0 Å². The van der Waals surface area contributed by atoms with Crippen LogP contribution in [0.2, 0.25) is 0 Å². The van der Waals surface area contributed by atoms with Crippen LogP contribution in [0.15, 0.2) is 0 Å². The van der Waals surface area contributed by atoms with Crippen molar-refractivity contribution in [3.05, 3.63) is 0 Å². The number of urea groups is 1. The van der Waals surface area contributed by atoms with Crippen molar-refractivity contribution in [2.75, 3.05) is 26.8 Å². The number of nitrogens with zero attached hydrogens (tertiary/aromatic N) is 1. The van der Waals surface area contributed by atoms with Crippen molar-refractivity contribution < 1.29 is 19.4 Å². The summed E-state index contributed by atoms with van der Waals surface area (Å²) in [6.45, 7) is 9.46. The Morgan fingerprint density at radius 2 is 2.00 bits per heavy atom. The Bertz CT molecular complexity index is 365. The van der Waals surface area contributed by atoms with Crippen LogP contribution in [-0.2, 0) is 9.53 Å². The highest BCUT2D eigenvalue weighted by molar-refractivity contribution is 5.77. The summed E-state index contributed by atoms with van der Waals surface area (Å²) in [4.78, 5) is 24.6. The molecule has 20 heavy (non-hydrogen) atoms. The molecule has 0 bridgehead atoms. The summed E-state index contributed by atoms with van der Waals surface area (Å²) in [6, 6.07) is -0.653. The number of ether oxygens (including phenoxy) is 1. The quantitative estimate of drug-likeness (QED) is 0.819. The molecule has 0 aromatic heterocycles. The van der Waals surface area contributed by atoms with Crippen LogP contribution in [0.4, 0.5) is 4.79 Å². The highest BCUT2D eigenvalue weighted by Gasteiger charge is 2.38. The molecule has 0 radical (unpaired) electrons. The zero-order valence-electron chi connectivity index (χ0n) is 13.0. The lowest BCUT2D eigenvalue weighted by atomic mass is 9.82. The molecule has 6 nitrogen and oxygen atoms in total. The first kappa shape index (κ1) is 16.8. The molecular formula is C14H26N2O4. The van der Waals surface area contributed by atoms with Gasteiger partial charge >= 0.3 is 12.0 Å². The molecule has 3 atom stereocenters. The molecule has 1 fully saturated rings. The van der Waals surface area contributed by atoms with Gasteiger partial charge in [0, 0.05) is 13.6 Å². The third-order valence-electron chi connectivity index (χ3n) is 4.22. The van der Waals surface area contributed by atoms with E-state index in [0.717, 1.165) is 0 Å². The van der Waals surface area contributed by atoms with Gasteiger partial charge in [0.2, 0.25) is 0 Å².